The molecule has 0 radical (unpaired) electrons. The van der Waals surface area contributed by atoms with Crippen molar-refractivity contribution in [2.24, 2.45) is 5.73 Å². The second-order valence-corrected chi connectivity index (χ2v) is 3.82. The fraction of sp³-hybridized carbons (Fsp3) is 0.571. The van der Waals surface area contributed by atoms with E-state index in [0.29, 0.717) is 10.9 Å². The van der Waals surface area contributed by atoms with E-state index in [4.69, 9.17) is 5.73 Å². The third-order valence-corrected chi connectivity index (χ3v) is 2.54. The van der Waals surface area contributed by atoms with Crippen LogP contribution in [0.5, 0.6) is 0 Å². The summed E-state index contributed by atoms with van der Waals surface area (Å²) in [5.41, 5.74) is 4.99. The number of carbonyl (C=O) groups excluding carboxylic acids is 2. The first kappa shape index (κ1) is 12.4. The van der Waals surface area contributed by atoms with E-state index < -0.39 is 5.97 Å². The van der Waals surface area contributed by atoms with Crippen LogP contribution in [-0.4, -0.2) is 44.9 Å². The molecular weight excluding hydrogens is 234 g/mol. The summed E-state index contributed by atoms with van der Waals surface area (Å²) in [7, 11) is 1.28. The zero-order valence-electron chi connectivity index (χ0n) is 8.62. The van der Waals surface area contributed by atoms with Crippen molar-refractivity contribution in [2.75, 3.05) is 12.9 Å². The molecule has 1 rings (SSSR count). The number of hydrogen-bond donors (Lipinski definition) is 1. The maximum atomic E-state index is 11.0. The van der Waals surface area contributed by atoms with Gasteiger partial charge in [0.15, 0.2) is 0 Å². The molecule has 0 saturated carbocycles. The zero-order valence-corrected chi connectivity index (χ0v) is 9.44. The molecule has 0 bridgehead atoms. The minimum absolute atomic E-state index is 0.0532. The quantitative estimate of drug-likeness (QED) is 0.495. The number of primary amides is 1. The Bertz CT molecular complexity index is 380. The summed E-state index contributed by atoms with van der Waals surface area (Å²) in [6.45, 7) is -0.0532. The van der Waals surface area contributed by atoms with Gasteiger partial charge in [0.2, 0.25) is 11.1 Å². The van der Waals surface area contributed by atoms with Crippen LogP contribution in [0.4, 0.5) is 0 Å². The van der Waals surface area contributed by atoms with Crippen LogP contribution in [0.3, 0.4) is 0 Å². The van der Waals surface area contributed by atoms with Gasteiger partial charge in [0.25, 0.3) is 0 Å². The minimum Gasteiger partial charge on any atom is -0.468 e. The van der Waals surface area contributed by atoms with Gasteiger partial charge < -0.3 is 10.5 Å². The van der Waals surface area contributed by atoms with E-state index >= 15 is 0 Å². The summed E-state index contributed by atoms with van der Waals surface area (Å²) in [6.07, 6.45) is 0.232. The molecule has 0 unspecified atom stereocenters. The minimum atomic E-state index is -0.441. The number of aromatic nitrogens is 4. The second kappa shape index (κ2) is 6.05. The molecule has 2 N–H and O–H groups in total. The molecule has 0 saturated heterocycles. The van der Waals surface area contributed by atoms with E-state index in [1.165, 1.54) is 23.6 Å². The summed E-state index contributed by atoms with van der Waals surface area (Å²) in [5.74, 6) is -0.361. The van der Waals surface area contributed by atoms with Crippen LogP contribution in [0.1, 0.15) is 6.42 Å². The van der Waals surface area contributed by atoms with Gasteiger partial charge in [0.05, 0.1) is 7.11 Å². The number of methoxy groups -OCH3 is 1. The lowest BCUT2D eigenvalue weighted by molar-refractivity contribution is -0.141. The molecule has 16 heavy (non-hydrogen) atoms. The number of nitrogens with zero attached hydrogens (tertiary/aromatic N) is 4. The molecule has 1 aromatic rings. The molecule has 0 atom stereocenters. The Morgan fingerprint density at radius 1 is 1.56 bits per heavy atom. The van der Waals surface area contributed by atoms with E-state index in [-0.39, 0.29) is 18.9 Å². The van der Waals surface area contributed by atoms with Crippen molar-refractivity contribution in [1.82, 2.24) is 20.2 Å². The molecule has 0 spiro atoms. The van der Waals surface area contributed by atoms with Crippen molar-refractivity contribution in [3.05, 3.63) is 0 Å². The van der Waals surface area contributed by atoms with Gasteiger partial charge in [0.1, 0.15) is 6.54 Å². The predicted octanol–water partition coefficient (Wildman–Crippen LogP) is -1.19. The maximum Gasteiger partial charge on any atom is 0.327 e. The molecule has 0 aromatic carbocycles. The van der Waals surface area contributed by atoms with Crippen molar-refractivity contribution in [2.45, 2.75) is 18.1 Å². The van der Waals surface area contributed by atoms with Crippen LogP contribution in [-0.2, 0) is 20.9 Å². The monoisotopic (exact) mass is 245 g/mol. The van der Waals surface area contributed by atoms with Crippen LogP contribution in [0.15, 0.2) is 5.16 Å². The van der Waals surface area contributed by atoms with Crippen LogP contribution in [0, 0.1) is 0 Å². The summed E-state index contributed by atoms with van der Waals surface area (Å²) in [6, 6.07) is 0. The molecule has 1 heterocycles. The van der Waals surface area contributed by atoms with Crippen LogP contribution in [0.2, 0.25) is 0 Å². The Hall–Kier alpha value is -1.64. The number of thioether (sulfide) groups is 1. The van der Waals surface area contributed by atoms with Crippen LogP contribution in [0.25, 0.3) is 0 Å². The Morgan fingerprint density at radius 2 is 2.31 bits per heavy atom. The van der Waals surface area contributed by atoms with E-state index in [0.717, 1.165) is 0 Å². The fourth-order valence-corrected chi connectivity index (χ4v) is 1.66. The Kier molecular flexibility index (Phi) is 4.70. The fourth-order valence-electron chi connectivity index (χ4n) is 0.829. The number of amides is 1. The van der Waals surface area contributed by atoms with Gasteiger partial charge in [-0.3, -0.25) is 9.59 Å². The van der Waals surface area contributed by atoms with E-state index in [9.17, 15) is 9.59 Å². The highest BCUT2D eigenvalue weighted by atomic mass is 32.2. The smallest absolute Gasteiger partial charge is 0.327 e. The molecule has 9 heteroatoms. The lowest BCUT2D eigenvalue weighted by Crippen LogP contribution is -2.14. The summed E-state index contributed by atoms with van der Waals surface area (Å²) in [4.78, 5) is 21.5. The Morgan fingerprint density at radius 3 is 2.94 bits per heavy atom. The van der Waals surface area contributed by atoms with Crippen molar-refractivity contribution in [3.63, 3.8) is 0 Å². The summed E-state index contributed by atoms with van der Waals surface area (Å²) in [5, 5.41) is 11.2. The van der Waals surface area contributed by atoms with Gasteiger partial charge in [0, 0.05) is 12.2 Å². The summed E-state index contributed by atoms with van der Waals surface area (Å²) >= 11 is 1.25. The number of hydrogen-bond acceptors (Lipinski definition) is 7. The number of nitrogens with two attached hydrogens (primary N) is 1. The molecule has 1 aromatic heterocycles. The topological polar surface area (TPSA) is 113 Å². The first-order valence-corrected chi connectivity index (χ1v) is 5.36. The molecule has 0 fully saturated rings. The highest BCUT2D eigenvalue weighted by molar-refractivity contribution is 7.99. The van der Waals surface area contributed by atoms with Gasteiger partial charge >= 0.3 is 5.97 Å². The highest BCUT2D eigenvalue weighted by Crippen LogP contribution is 2.14. The van der Waals surface area contributed by atoms with E-state index in [2.05, 4.69) is 20.3 Å². The molecule has 88 valence electrons. The van der Waals surface area contributed by atoms with Gasteiger partial charge in [-0.2, -0.15) is 0 Å². The lowest BCUT2D eigenvalue weighted by Gasteiger charge is -2.01. The third kappa shape index (κ3) is 3.85. The second-order valence-electron chi connectivity index (χ2n) is 2.76. The standard InChI is InChI=1S/C7H11N5O3S/c1-15-6(14)4-12-7(9-10-11-12)16-3-2-5(8)13/h2-4H2,1H3,(H2,8,13). The van der Waals surface area contributed by atoms with E-state index in [1.807, 2.05) is 0 Å². The zero-order chi connectivity index (χ0) is 12.0. The Labute approximate surface area is 95.5 Å². The van der Waals surface area contributed by atoms with Crippen molar-refractivity contribution >= 4 is 23.6 Å². The number of carbonyl (C=O) groups is 2. The number of rotatable bonds is 6. The normalized spacial score (nSPS) is 10.1. The third-order valence-electron chi connectivity index (χ3n) is 1.59. The van der Waals surface area contributed by atoms with Crippen molar-refractivity contribution in [3.8, 4) is 0 Å². The lowest BCUT2D eigenvalue weighted by atomic mass is 10.5. The average molecular weight is 245 g/mol. The Balaban J connectivity index is 2.50. The molecule has 8 nitrogen and oxygen atoms in total. The molecule has 0 aliphatic heterocycles. The SMILES string of the molecule is COC(=O)Cn1nnnc1SCCC(N)=O. The number of tetrazole rings is 1. The van der Waals surface area contributed by atoms with Gasteiger partial charge in [-0.05, 0) is 10.4 Å². The van der Waals surface area contributed by atoms with Gasteiger partial charge in [-0.25, -0.2) is 4.68 Å². The van der Waals surface area contributed by atoms with Crippen LogP contribution >= 0.6 is 11.8 Å². The molecule has 1 amide bonds. The van der Waals surface area contributed by atoms with Gasteiger partial charge in [-0.1, -0.05) is 11.8 Å². The van der Waals surface area contributed by atoms with Gasteiger partial charge in [-0.15, -0.1) is 5.10 Å². The van der Waals surface area contributed by atoms with Crippen LogP contribution < -0.4 is 5.73 Å². The summed E-state index contributed by atoms with van der Waals surface area (Å²) < 4.78 is 5.79. The van der Waals surface area contributed by atoms with Crippen molar-refractivity contribution in [1.29, 1.82) is 0 Å². The first-order chi connectivity index (χ1) is 7.63. The maximum absolute atomic E-state index is 11.0. The number of esters is 1. The molecular formula is C7H11N5O3S. The van der Waals surface area contributed by atoms with Crippen molar-refractivity contribution < 1.29 is 14.3 Å². The number of ether oxygens (including phenoxy) is 1. The highest BCUT2D eigenvalue weighted by Gasteiger charge is 2.11. The molecule has 0 aliphatic rings. The largest absolute Gasteiger partial charge is 0.468 e. The predicted molar refractivity (Wildman–Crippen MR) is 54.4 cm³/mol. The van der Waals surface area contributed by atoms with E-state index in [1.54, 1.807) is 0 Å². The average Bonchev–Trinajstić information content (AvgIpc) is 2.65. The molecule has 0 aliphatic carbocycles. The first-order valence-electron chi connectivity index (χ1n) is 4.37.